The van der Waals surface area contributed by atoms with Crippen molar-refractivity contribution in [1.29, 1.82) is 0 Å². The first-order valence-corrected chi connectivity index (χ1v) is 5.50. The number of benzene rings is 1. The average Bonchev–Trinajstić information content (AvgIpc) is 2.26. The first-order valence-electron chi connectivity index (χ1n) is 4.51. The smallest absolute Gasteiger partial charge is 0.232 e. The maximum absolute atomic E-state index is 11.3. The molecule has 3 nitrogen and oxygen atoms in total. The molecule has 0 saturated carbocycles. The number of aldehydes is 1. The second-order valence-corrected chi connectivity index (χ2v) is 4.31. The van der Waals surface area contributed by atoms with E-state index in [1.54, 1.807) is 31.1 Å². The summed E-state index contributed by atoms with van der Waals surface area (Å²) in [5.41, 5.74) is 0.651. The molecular weight excluding hydrogens is 210 g/mol. The molecule has 0 spiro atoms. The summed E-state index contributed by atoms with van der Waals surface area (Å²) < 4.78 is 0. The molecule has 0 heterocycles. The molecule has 0 aromatic heterocycles. The largest absolute Gasteiger partial charge is 0.348 e. The predicted octanol–water partition coefficient (Wildman–Crippen LogP) is 1.68. The van der Waals surface area contributed by atoms with Gasteiger partial charge in [0.2, 0.25) is 5.91 Å². The Bertz CT molecular complexity index is 346. The Morgan fingerprint density at radius 1 is 1.33 bits per heavy atom. The molecular formula is C11H13NO2S. The summed E-state index contributed by atoms with van der Waals surface area (Å²) in [6, 6.07) is 7.18. The topological polar surface area (TPSA) is 37.4 Å². The average molecular weight is 223 g/mol. The SMILES string of the molecule is CN(C)C(=O)CSc1ccc(C=O)cc1. The lowest BCUT2D eigenvalue weighted by molar-refractivity contribution is -0.125. The van der Waals surface area contributed by atoms with E-state index in [2.05, 4.69) is 0 Å². The Morgan fingerprint density at radius 2 is 1.93 bits per heavy atom. The van der Waals surface area contributed by atoms with Gasteiger partial charge in [0.1, 0.15) is 6.29 Å². The summed E-state index contributed by atoms with van der Waals surface area (Å²) in [6.07, 6.45) is 0.805. The van der Waals surface area contributed by atoms with Crippen LogP contribution in [0.25, 0.3) is 0 Å². The number of amides is 1. The molecule has 1 aromatic rings. The normalized spacial score (nSPS) is 9.73. The highest BCUT2D eigenvalue weighted by atomic mass is 32.2. The molecule has 0 bridgehead atoms. The van der Waals surface area contributed by atoms with Crippen LogP contribution in [0.4, 0.5) is 0 Å². The van der Waals surface area contributed by atoms with Gasteiger partial charge in [0.05, 0.1) is 5.75 Å². The third-order valence-electron chi connectivity index (χ3n) is 1.88. The van der Waals surface area contributed by atoms with Gasteiger partial charge in [-0.15, -0.1) is 11.8 Å². The number of thioether (sulfide) groups is 1. The van der Waals surface area contributed by atoms with Crippen LogP contribution in [0.15, 0.2) is 29.2 Å². The molecule has 4 heteroatoms. The zero-order valence-corrected chi connectivity index (χ0v) is 9.58. The van der Waals surface area contributed by atoms with Crippen molar-refractivity contribution in [2.24, 2.45) is 0 Å². The van der Waals surface area contributed by atoms with Gasteiger partial charge in [-0.25, -0.2) is 0 Å². The van der Waals surface area contributed by atoms with E-state index in [9.17, 15) is 9.59 Å². The van der Waals surface area contributed by atoms with Crippen LogP contribution in [0.2, 0.25) is 0 Å². The first kappa shape index (κ1) is 11.8. The van der Waals surface area contributed by atoms with Gasteiger partial charge in [0, 0.05) is 24.6 Å². The molecule has 1 amide bonds. The van der Waals surface area contributed by atoms with Crippen LogP contribution in [0.3, 0.4) is 0 Å². The van der Waals surface area contributed by atoms with Crippen LogP contribution in [-0.4, -0.2) is 36.9 Å². The zero-order chi connectivity index (χ0) is 11.3. The molecule has 0 aliphatic rings. The first-order chi connectivity index (χ1) is 7.13. The summed E-state index contributed by atoms with van der Waals surface area (Å²) in [5, 5.41) is 0. The zero-order valence-electron chi connectivity index (χ0n) is 8.77. The molecule has 0 aliphatic heterocycles. The number of nitrogens with zero attached hydrogens (tertiary/aromatic N) is 1. The van der Waals surface area contributed by atoms with Gasteiger partial charge in [0.25, 0.3) is 0 Å². The Hall–Kier alpha value is -1.29. The monoisotopic (exact) mass is 223 g/mol. The van der Waals surface area contributed by atoms with E-state index >= 15 is 0 Å². The van der Waals surface area contributed by atoms with Gasteiger partial charge >= 0.3 is 0 Å². The Labute approximate surface area is 93.5 Å². The van der Waals surface area contributed by atoms with Crippen molar-refractivity contribution >= 4 is 24.0 Å². The summed E-state index contributed by atoms with van der Waals surface area (Å²) in [5.74, 6) is 0.507. The van der Waals surface area contributed by atoms with Crippen LogP contribution in [0.5, 0.6) is 0 Å². The molecule has 0 saturated heterocycles. The fourth-order valence-electron chi connectivity index (χ4n) is 0.917. The molecule has 0 unspecified atom stereocenters. The van der Waals surface area contributed by atoms with Crippen LogP contribution >= 0.6 is 11.8 Å². The van der Waals surface area contributed by atoms with E-state index in [4.69, 9.17) is 0 Å². The Kier molecular flexibility index (Phi) is 4.37. The van der Waals surface area contributed by atoms with Crippen molar-refractivity contribution in [2.45, 2.75) is 4.90 Å². The third kappa shape index (κ3) is 3.75. The maximum atomic E-state index is 11.3. The molecule has 0 N–H and O–H groups in total. The van der Waals surface area contributed by atoms with Crippen molar-refractivity contribution in [3.8, 4) is 0 Å². The molecule has 0 radical (unpaired) electrons. The summed E-state index contributed by atoms with van der Waals surface area (Å²) in [4.78, 5) is 24.3. The predicted molar refractivity (Wildman–Crippen MR) is 61.2 cm³/mol. The number of carbonyl (C=O) groups excluding carboxylic acids is 2. The van der Waals surface area contributed by atoms with Gasteiger partial charge in [-0.2, -0.15) is 0 Å². The van der Waals surface area contributed by atoms with Crippen molar-refractivity contribution in [2.75, 3.05) is 19.8 Å². The molecule has 1 rings (SSSR count). The quantitative estimate of drug-likeness (QED) is 0.575. The number of hydrogen-bond donors (Lipinski definition) is 0. The van der Waals surface area contributed by atoms with E-state index in [1.165, 1.54) is 11.8 Å². The highest BCUT2D eigenvalue weighted by molar-refractivity contribution is 8.00. The summed E-state index contributed by atoms with van der Waals surface area (Å²) in [7, 11) is 3.47. The van der Waals surface area contributed by atoms with Gasteiger partial charge in [0.15, 0.2) is 0 Å². The standard InChI is InChI=1S/C11H13NO2S/c1-12(2)11(14)8-15-10-5-3-9(7-13)4-6-10/h3-7H,8H2,1-2H3. The molecule has 15 heavy (non-hydrogen) atoms. The van der Waals surface area contributed by atoms with E-state index in [-0.39, 0.29) is 5.91 Å². The fraction of sp³-hybridized carbons (Fsp3) is 0.273. The minimum atomic E-state index is 0.0828. The Balaban J connectivity index is 2.51. The van der Waals surface area contributed by atoms with Crippen molar-refractivity contribution < 1.29 is 9.59 Å². The molecule has 80 valence electrons. The Morgan fingerprint density at radius 3 is 2.40 bits per heavy atom. The molecule has 0 atom stereocenters. The van der Waals surface area contributed by atoms with Crippen molar-refractivity contribution in [3.05, 3.63) is 29.8 Å². The molecule has 0 aliphatic carbocycles. The second kappa shape index (κ2) is 5.56. The highest BCUT2D eigenvalue weighted by Crippen LogP contribution is 2.18. The lowest BCUT2D eigenvalue weighted by Crippen LogP contribution is -2.23. The van der Waals surface area contributed by atoms with Crippen LogP contribution in [0.1, 0.15) is 10.4 Å². The minimum absolute atomic E-state index is 0.0828. The number of rotatable bonds is 4. The molecule has 0 fully saturated rings. The van der Waals surface area contributed by atoms with Crippen molar-refractivity contribution in [3.63, 3.8) is 0 Å². The summed E-state index contributed by atoms with van der Waals surface area (Å²) in [6.45, 7) is 0. The molecule has 1 aromatic carbocycles. The minimum Gasteiger partial charge on any atom is -0.348 e. The number of carbonyl (C=O) groups is 2. The van der Waals surface area contributed by atoms with Crippen LogP contribution in [0, 0.1) is 0 Å². The maximum Gasteiger partial charge on any atom is 0.232 e. The van der Waals surface area contributed by atoms with Gasteiger partial charge < -0.3 is 4.90 Å². The van der Waals surface area contributed by atoms with Crippen LogP contribution < -0.4 is 0 Å². The van der Waals surface area contributed by atoms with E-state index in [0.29, 0.717) is 11.3 Å². The van der Waals surface area contributed by atoms with E-state index in [1.807, 2.05) is 12.1 Å². The van der Waals surface area contributed by atoms with Crippen molar-refractivity contribution in [1.82, 2.24) is 4.90 Å². The summed E-state index contributed by atoms with van der Waals surface area (Å²) >= 11 is 1.47. The lowest BCUT2D eigenvalue weighted by Gasteiger charge is -2.09. The fourth-order valence-corrected chi connectivity index (χ4v) is 1.79. The van der Waals surface area contributed by atoms with E-state index in [0.717, 1.165) is 11.2 Å². The highest BCUT2D eigenvalue weighted by Gasteiger charge is 2.04. The lowest BCUT2D eigenvalue weighted by atomic mass is 10.2. The van der Waals surface area contributed by atoms with E-state index < -0.39 is 0 Å². The second-order valence-electron chi connectivity index (χ2n) is 3.26. The van der Waals surface area contributed by atoms with Gasteiger partial charge in [-0.05, 0) is 12.1 Å². The van der Waals surface area contributed by atoms with Gasteiger partial charge in [-0.3, -0.25) is 9.59 Å². The van der Waals surface area contributed by atoms with Gasteiger partial charge in [-0.1, -0.05) is 12.1 Å². The number of hydrogen-bond acceptors (Lipinski definition) is 3. The van der Waals surface area contributed by atoms with Crippen LogP contribution in [-0.2, 0) is 4.79 Å². The third-order valence-corrected chi connectivity index (χ3v) is 2.87.